The highest BCUT2D eigenvalue weighted by Gasteiger charge is 2.52. The average Bonchev–Trinajstić information content (AvgIpc) is 3.33. The number of likely N-dealkylation sites (tertiary alicyclic amines) is 2. The number of carbonyl (C=O) groups excluding carboxylic acids is 4. The number of rotatable bonds is 7. The molecule has 3 atom stereocenters. The van der Waals surface area contributed by atoms with E-state index in [-0.39, 0.29) is 47.9 Å². The molecule has 2 saturated heterocycles. The molecule has 8 nitrogen and oxygen atoms in total. The van der Waals surface area contributed by atoms with E-state index in [1.807, 2.05) is 58.8 Å². The molecule has 0 aliphatic carbocycles. The van der Waals surface area contributed by atoms with Crippen LogP contribution in [0.25, 0.3) is 0 Å². The summed E-state index contributed by atoms with van der Waals surface area (Å²) in [5.41, 5.74) is 1.46. The Balaban J connectivity index is 1.76. The molecule has 2 fully saturated rings. The van der Waals surface area contributed by atoms with E-state index in [1.165, 1.54) is 0 Å². The molecule has 2 aliphatic rings. The number of anilines is 1. The van der Waals surface area contributed by atoms with Gasteiger partial charge in [0.25, 0.3) is 5.91 Å². The molecule has 3 rings (SSSR count). The third-order valence-electron chi connectivity index (χ3n) is 6.44. The minimum absolute atomic E-state index is 0.0511. The van der Waals surface area contributed by atoms with E-state index in [9.17, 15) is 19.2 Å². The number of carbonyl (C=O) groups is 4. The van der Waals surface area contributed by atoms with E-state index in [2.05, 4.69) is 5.32 Å². The average molecular weight is 457 g/mol. The molecule has 8 heteroatoms. The SMILES string of the molecule is CC(C)C[C@H](NC(=O)c1ccc(N(C)C)cc1)C(=O)N1CC[C@@H]2[C@H]1C(=O)CN2C(=O)C(C)C. The largest absolute Gasteiger partial charge is 0.378 e. The minimum atomic E-state index is -0.729. The van der Waals surface area contributed by atoms with Gasteiger partial charge in [0.15, 0.2) is 5.78 Å². The highest BCUT2D eigenvalue weighted by atomic mass is 16.2. The number of hydrogen-bond donors (Lipinski definition) is 1. The van der Waals surface area contributed by atoms with Crippen molar-refractivity contribution < 1.29 is 19.2 Å². The number of nitrogens with one attached hydrogen (secondary N) is 1. The van der Waals surface area contributed by atoms with E-state index in [0.29, 0.717) is 24.9 Å². The lowest BCUT2D eigenvalue weighted by molar-refractivity contribution is -0.138. The van der Waals surface area contributed by atoms with E-state index in [4.69, 9.17) is 0 Å². The number of amides is 3. The van der Waals surface area contributed by atoms with Gasteiger partial charge >= 0.3 is 0 Å². The number of Topliss-reactive ketones (excluding diaryl/α,β-unsaturated/α-hetero) is 1. The summed E-state index contributed by atoms with van der Waals surface area (Å²) < 4.78 is 0. The standard InChI is InChI=1S/C25H36N4O4/c1-15(2)13-19(26-23(31)17-7-9-18(10-8-17)27(5)6)25(33)28-12-11-20-22(28)21(30)14-29(20)24(32)16(3)4/h7-10,15-16,19-20,22H,11-14H2,1-6H3,(H,26,31)/t19-,20+,22-/m0/s1. The zero-order valence-corrected chi connectivity index (χ0v) is 20.5. The molecule has 3 amide bonds. The Hall–Kier alpha value is -2.90. The Kier molecular flexibility index (Phi) is 7.44. The van der Waals surface area contributed by atoms with Crippen LogP contribution < -0.4 is 10.2 Å². The van der Waals surface area contributed by atoms with Gasteiger partial charge in [-0.05, 0) is 43.0 Å². The molecular formula is C25H36N4O4. The number of nitrogens with zero attached hydrogens (tertiary/aromatic N) is 3. The molecule has 33 heavy (non-hydrogen) atoms. The van der Waals surface area contributed by atoms with Gasteiger partial charge in [0.05, 0.1) is 12.6 Å². The lowest BCUT2D eigenvalue weighted by Gasteiger charge is -2.29. The smallest absolute Gasteiger partial charge is 0.251 e. The van der Waals surface area contributed by atoms with Gasteiger partial charge in [-0.25, -0.2) is 0 Å². The summed E-state index contributed by atoms with van der Waals surface area (Å²) in [5, 5.41) is 2.90. The summed E-state index contributed by atoms with van der Waals surface area (Å²) in [6.45, 7) is 8.08. The molecular weight excluding hydrogens is 420 g/mol. The Labute approximate surface area is 196 Å². The highest BCUT2D eigenvalue weighted by Crippen LogP contribution is 2.31. The van der Waals surface area contributed by atoms with E-state index in [1.54, 1.807) is 21.9 Å². The van der Waals surface area contributed by atoms with Crippen LogP contribution >= 0.6 is 0 Å². The third-order valence-corrected chi connectivity index (χ3v) is 6.44. The van der Waals surface area contributed by atoms with Gasteiger partial charge in [-0.3, -0.25) is 19.2 Å². The van der Waals surface area contributed by atoms with E-state index in [0.717, 1.165) is 5.69 Å². The zero-order chi connectivity index (χ0) is 24.4. The molecule has 0 radical (unpaired) electrons. The first-order chi connectivity index (χ1) is 15.5. The Bertz CT molecular complexity index is 909. The zero-order valence-electron chi connectivity index (χ0n) is 20.5. The lowest BCUT2D eigenvalue weighted by atomic mass is 10.0. The van der Waals surface area contributed by atoms with Crippen molar-refractivity contribution in [3.63, 3.8) is 0 Å². The molecule has 1 aromatic rings. The first-order valence-electron chi connectivity index (χ1n) is 11.7. The van der Waals surface area contributed by atoms with E-state index >= 15 is 0 Å². The minimum Gasteiger partial charge on any atom is -0.378 e. The van der Waals surface area contributed by atoms with Crippen LogP contribution in [0.2, 0.25) is 0 Å². The molecule has 2 aliphatic heterocycles. The van der Waals surface area contributed by atoms with Crippen LogP contribution in [-0.2, 0) is 14.4 Å². The molecule has 0 bridgehead atoms. The van der Waals surface area contributed by atoms with Crippen molar-refractivity contribution in [3.05, 3.63) is 29.8 Å². The first kappa shape index (κ1) is 24.7. The van der Waals surface area contributed by atoms with Gasteiger partial charge < -0.3 is 20.0 Å². The number of hydrogen-bond acceptors (Lipinski definition) is 5. The van der Waals surface area contributed by atoms with Crippen LogP contribution in [0.15, 0.2) is 24.3 Å². The molecule has 2 heterocycles. The van der Waals surface area contributed by atoms with Crippen molar-refractivity contribution in [2.45, 2.75) is 58.7 Å². The molecule has 1 N–H and O–H groups in total. The third kappa shape index (κ3) is 5.20. The lowest BCUT2D eigenvalue weighted by Crippen LogP contribution is -2.53. The fraction of sp³-hybridized carbons (Fsp3) is 0.600. The summed E-state index contributed by atoms with van der Waals surface area (Å²) in [4.78, 5) is 57.0. The van der Waals surface area contributed by atoms with Gasteiger partial charge in [-0.2, -0.15) is 0 Å². The van der Waals surface area contributed by atoms with Gasteiger partial charge in [0.2, 0.25) is 11.8 Å². The second kappa shape index (κ2) is 9.93. The van der Waals surface area contributed by atoms with Crippen LogP contribution in [0, 0.1) is 11.8 Å². The monoisotopic (exact) mass is 456 g/mol. The Morgan fingerprint density at radius 2 is 1.67 bits per heavy atom. The Morgan fingerprint density at radius 1 is 1.03 bits per heavy atom. The molecule has 0 spiro atoms. The van der Waals surface area contributed by atoms with Crippen LogP contribution in [0.5, 0.6) is 0 Å². The second-order valence-electron chi connectivity index (χ2n) is 10.0. The number of ketones is 1. The molecule has 0 aromatic heterocycles. The summed E-state index contributed by atoms with van der Waals surface area (Å²) in [5.74, 6) is -0.751. The van der Waals surface area contributed by atoms with Crippen LogP contribution in [-0.4, -0.2) is 78.6 Å². The summed E-state index contributed by atoms with van der Waals surface area (Å²) in [6, 6.07) is 5.57. The topological polar surface area (TPSA) is 90.0 Å². The molecule has 0 saturated carbocycles. The molecule has 180 valence electrons. The van der Waals surface area contributed by atoms with Gasteiger partial charge in [0.1, 0.15) is 12.1 Å². The summed E-state index contributed by atoms with van der Waals surface area (Å²) in [6.07, 6.45) is 1.05. The van der Waals surface area contributed by atoms with Gasteiger partial charge in [0, 0.05) is 37.8 Å². The second-order valence-corrected chi connectivity index (χ2v) is 10.0. The molecule has 0 unspecified atom stereocenters. The van der Waals surface area contributed by atoms with Crippen molar-refractivity contribution in [2.24, 2.45) is 11.8 Å². The first-order valence-corrected chi connectivity index (χ1v) is 11.7. The van der Waals surface area contributed by atoms with Gasteiger partial charge in [-0.1, -0.05) is 27.7 Å². The van der Waals surface area contributed by atoms with E-state index < -0.39 is 12.1 Å². The van der Waals surface area contributed by atoms with Crippen molar-refractivity contribution in [2.75, 3.05) is 32.1 Å². The van der Waals surface area contributed by atoms with Crippen molar-refractivity contribution in [1.29, 1.82) is 0 Å². The van der Waals surface area contributed by atoms with Gasteiger partial charge in [-0.15, -0.1) is 0 Å². The predicted octanol–water partition coefficient (Wildman–Crippen LogP) is 1.93. The summed E-state index contributed by atoms with van der Waals surface area (Å²) in [7, 11) is 3.85. The predicted molar refractivity (Wildman–Crippen MR) is 127 cm³/mol. The fourth-order valence-corrected chi connectivity index (χ4v) is 4.74. The number of benzene rings is 1. The maximum Gasteiger partial charge on any atom is 0.251 e. The Morgan fingerprint density at radius 3 is 2.21 bits per heavy atom. The maximum absolute atomic E-state index is 13.5. The quantitative estimate of drug-likeness (QED) is 0.677. The fourth-order valence-electron chi connectivity index (χ4n) is 4.74. The maximum atomic E-state index is 13.5. The normalized spacial score (nSPS) is 20.9. The van der Waals surface area contributed by atoms with Crippen LogP contribution in [0.1, 0.15) is 50.9 Å². The van der Waals surface area contributed by atoms with Crippen molar-refractivity contribution >= 4 is 29.2 Å². The van der Waals surface area contributed by atoms with Crippen molar-refractivity contribution in [1.82, 2.24) is 15.1 Å². The van der Waals surface area contributed by atoms with Crippen LogP contribution in [0.3, 0.4) is 0 Å². The highest BCUT2D eigenvalue weighted by molar-refractivity contribution is 6.01. The van der Waals surface area contributed by atoms with Crippen LogP contribution in [0.4, 0.5) is 5.69 Å². The van der Waals surface area contributed by atoms with Crippen molar-refractivity contribution in [3.8, 4) is 0 Å². The molecule has 1 aromatic carbocycles. The number of fused-ring (bicyclic) bond motifs is 1. The summed E-state index contributed by atoms with van der Waals surface area (Å²) >= 11 is 0.